The van der Waals surface area contributed by atoms with E-state index in [-0.39, 0.29) is 11.7 Å². The molecule has 1 amide bonds. The molecule has 1 fully saturated rings. The summed E-state index contributed by atoms with van der Waals surface area (Å²) in [7, 11) is 0. The number of carbonyl (C=O) groups excluding carboxylic acids is 1. The fourth-order valence-electron chi connectivity index (χ4n) is 2.56. The zero-order chi connectivity index (χ0) is 15.5. The highest BCUT2D eigenvalue weighted by Crippen LogP contribution is 2.15. The minimum Gasteiger partial charge on any atom is -0.353 e. The van der Waals surface area contributed by atoms with Gasteiger partial charge in [0.1, 0.15) is 18.0 Å². The van der Waals surface area contributed by atoms with Gasteiger partial charge in [0.25, 0.3) is 5.91 Å². The van der Waals surface area contributed by atoms with E-state index >= 15 is 0 Å². The van der Waals surface area contributed by atoms with E-state index in [2.05, 4.69) is 14.9 Å². The zero-order valence-electron chi connectivity index (χ0n) is 12.4. The number of nitrogens with zero attached hydrogens (tertiary/aromatic N) is 4. The molecule has 2 aromatic rings. The van der Waals surface area contributed by atoms with Gasteiger partial charge in [0, 0.05) is 43.5 Å². The lowest BCUT2D eigenvalue weighted by Crippen LogP contribution is -2.49. The van der Waals surface area contributed by atoms with Crippen molar-refractivity contribution in [1.29, 1.82) is 0 Å². The van der Waals surface area contributed by atoms with Gasteiger partial charge in [0.05, 0.1) is 0 Å². The lowest BCUT2D eigenvalue weighted by Gasteiger charge is -2.35. The summed E-state index contributed by atoms with van der Waals surface area (Å²) in [5.74, 6) is 0.365. The van der Waals surface area contributed by atoms with Crippen molar-refractivity contribution < 1.29 is 9.18 Å². The molecule has 3 rings (SSSR count). The molecule has 2 heterocycles. The summed E-state index contributed by atoms with van der Waals surface area (Å²) in [6.07, 6.45) is 1.55. The van der Waals surface area contributed by atoms with Gasteiger partial charge < -0.3 is 9.80 Å². The third-order valence-corrected chi connectivity index (χ3v) is 3.75. The van der Waals surface area contributed by atoms with Gasteiger partial charge in [-0.05, 0) is 25.1 Å². The molecule has 22 heavy (non-hydrogen) atoms. The smallest absolute Gasteiger partial charge is 0.254 e. The highest BCUT2D eigenvalue weighted by molar-refractivity contribution is 5.94. The van der Waals surface area contributed by atoms with Crippen LogP contribution in [0.1, 0.15) is 16.1 Å². The van der Waals surface area contributed by atoms with E-state index in [1.54, 1.807) is 23.4 Å². The van der Waals surface area contributed by atoms with Crippen LogP contribution in [0.4, 0.5) is 10.2 Å². The molecule has 1 aliphatic rings. The van der Waals surface area contributed by atoms with Crippen LogP contribution in [0.3, 0.4) is 0 Å². The predicted molar refractivity (Wildman–Crippen MR) is 81.3 cm³/mol. The summed E-state index contributed by atoms with van der Waals surface area (Å²) in [4.78, 5) is 24.6. The highest BCUT2D eigenvalue weighted by atomic mass is 19.1. The number of benzene rings is 1. The van der Waals surface area contributed by atoms with E-state index in [4.69, 9.17) is 0 Å². The minimum absolute atomic E-state index is 0.127. The molecule has 5 nitrogen and oxygen atoms in total. The van der Waals surface area contributed by atoms with Crippen LogP contribution < -0.4 is 4.90 Å². The van der Waals surface area contributed by atoms with Crippen molar-refractivity contribution >= 4 is 11.7 Å². The van der Waals surface area contributed by atoms with Crippen molar-refractivity contribution in [3.05, 3.63) is 53.7 Å². The predicted octanol–water partition coefficient (Wildman–Crippen LogP) is 1.89. The number of anilines is 1. The molecule has 0 spiro atoms. The minimum atomic E-state index is -0.388. The third-order valence-electron chi connectivity index (χ3n) is 3.75. The van der Waals surface area contributed by atoms with E-state index in [1.807, 2.05) is 13.0 Å². The summed E-state index contributed by atoms with van der Waals surface area (Å²) >= 11 is 0. The normalized spacial score (nSPS) is 15.0. The first-order chi connectivity index (χ1) is 10.6. The van der Waals surface area contributed by atoms with Gasteiger partial charge in [-0.25, -0.2) is 14.4 Å². The van der Waals surface area contributed by atoms with E-state index in [9.17, 15) is 9.18 Å². The van der Waals surface area contributed by atoms with Crippen molar-refractivity contribution in [1.82, 2.24) is 14.9 Å². The van der Waals surface area contributed by atoms with E-state index in [0.717, 1.165) is 11.5 Å². The van der Waals surface area contributed by atoms with E-state index < -0.39 is 0 Å². The van der Waals surface area contributed by atoms with Crippen LogP contribution in [0.15, 0.2) is 36.7 Å². The van der Waals surface area contributed by atoms with Gasteiger partial charge in [-0.1, -0.05) is 6.07 Å². The topological polar surface area (TPSA) is 49.3 Å². The summed E-state index contributed by atoms with van der Waals surface area (Å²) in [5.41, 5.74) is 1.31. The largest absolute Gasteiger partial charge is 0.353 e. The standard InChI is InChI=1S/C16H17FN4O/c1-12-9-15(19-11-18-12)20-5-7-21(8-6-20)16(22)13-3-2-4-14(17)10-13/h2-4,9-11H,5-8H2,1H3. The van der Waals surface area contributed by atoms with Gasteiger partial charge >= 0.3 is 0 Å². The number of hydrogen-bond acceptors (Lipinski definition) is 4. The molecule has 114 valence electrons. The molecule has 0 bridgehead atoms. The van der Waals surface area contributed by atoms with Crippen LogP contribution in [0.25, 0.3) is 0 Å². The van der Waals surface area contributed by atoms with Crippen molar-refractivity contribution in [2.45, 2.75) is 6.92 Å². The van der Waals surface area contributed by atoms with E-state index in [0.29, 0.717) is 31.7 Å². The van der Waals surface area contributed by atoms with Crippen molar-refractivity contribution in [2.24, 2.45) is 0 Å². The number of amides is 1. The van der Waals surface area contributed by atoms with Crippen LogP contribution in [0, 0.1) is 12.7 Å². The van der Waals surface area contributed by atoms with Crippen LogP contribution in [0.5, 0.6) is 0 Å². The Balaban J connectivity index is 1.65. The molecular formula is C16H17FN4O. The number of piperazine rings is 1. The fourth-order valence-corrected chi connectivity index (χ4v) is 2.56. The maximum Gasteiger partial charge on any atom is 0.254 e. The van der Waals surface area contributed by atoms with E-state index in [1.165, 1.54) is 12.1 Å². The van der Waals surface area contributed by atoms with Gasteiger partial charge in [0.15, 0.2) is 0 Å². The summed E-state index contributed by atoms with van der Waals surface area (Å²) < 4.78 is 13.2. The van der Waals surface area contributed by atoms with Crippen LogP contribution in [0.2, 0.25) is 0 Å². The van der Waals surface area contributed by atoms with Crippen LogP contribution in [-0.4, -0.2) is 47.0 Å². The molecule has 0 radical (unpaired) electrons. The maximum atomic E-state index is 13.2. The summed E-state index contributed by atoms with van der Waals surface area (Å²) in [6.45, 7) is 4.53. The zero-order valence-corrected chi connectivity index (χ0v) is 12.4. The molecule has 1 aromatic carbocycles. The number of hydrogen-bond donors (Lipinski definition) is 0. The van der Waals surface area contributed by atoms with Crippen molar-refractivity contribution in [3.63, 3.8) is 0 Å². The number of aryl methyl sites for hydroxylation is 1. The quantitative estimate of drug-likeness (QED) is 0.850. The molecule has 0 unspecified atom stereocenters. The number of aromatic nitrogens is 2. The number of carbonyl (C=O) groups is 1. The van der Waals surface area contributed by atoms with Crippen molar-refractivity contribution in [2.75, 3.05) is 31.1 Å². The van der Waals surface area contributed by atoms with Crippen molar-refractivity contribution in [3.8, 4) is 0 Å². The first-order valence-electron chi connectivity index (χ1n) is 7.22. The lowest BCUT2D eigenvalue weighted by atomic mass is 10.1. The Morgan fingerprint density at radius 3 is 2.59 bits per heavy atom. The Bertz CT molecular complexity index is 683. The molecular weight excluding hydrogens is 283 g/mol. The molecule has 0 aliphatic carbocycles. The van der Waals surface area contributed by atoms with Crippen LogP contribution >= 0.6 is 0 Å². The SMILES string of the molecule is Cc1cc(N2CCN(C(=O)c3cccc(F)c3)CC2)ncn1. The molecule has 1 aromatic heterocycles. The molecule has 0 N–H and O–H groups in total. The van der Waals surface area contributed by atoms with Crippen LogP contribution in [-0.2, 0) is 0 Å². The fraction of sp³-hybridized carbons (Fsp3) is 0.312. The Hall–Kier alpha value is -2.50. The Labute approximate surface area is 128 Å². The molecule has 6 heteroatoms. The Kier molecular flexibility index (Phi) is 4.00. The first kappa shape index (κ1) is 14.4. The Morgan fingerprint density at radius 1 is 1.14 bits per heavy atom. The average molecular weight is 300 g/mol. The Morgan fingerprint density at radius 2 is 1.91 bits per heavy atom. The summed E-state index contributed by atoms with van der Waals surface area (Å²) in [6, 6.07) is 7.76. The number of halogens is 1. The summed E-state index contributed by atoms with van der Waals surface area (Å²) in [5, 5.41) is 0. The lowest BCUT2D eigenvalue weighted by molar-refractivity contribution is 0.0746. The average Bonchev–Trinajstić information content (AvgIpc) is 2.54. The second kappa shape index (κ2) is 6.09. The molecule has 1 aliphatic heterocycles. The monoisotopic (exact) mass is 300 g/mol. The first-order valence-corrected chi connectivity index (χ1v) is 7.22. The molecule has 1 saturated heterocycles. The highest BCUT2D eigenvalue weighted by Gasteiger charge is 2.23. The second-order valence-corrected chi connectivity index (χ2v) is 5.31. The second-order valence-electron chi connectivity index (χ2n) is 5.31. The van der Waals surface area contributed by atoms with Gasteiger partial charge in [-0.2, -0.15) is 0 Å². The number of rotatable bonds is 2. The molecule has 0 saturated carbocycles. The third kappa shape index (κ3) is 3.05. The maximum absolute atomic E-state index is 13.2. The van der Waals surface area contributed by atoms with Gasteiger partial charge in [-0.15, -0.1) is 0 Å². The molecule has 0 atom stereocenters. The van der Waals surface area contributed by atoms with Gasteiger partial charge in [-0.3, -0.25) is 4.79 Å². The van der Waals surface area contributed by atoms with Gasteiger partial charge in [0.2, 0.25) is 0 Å².